The third-order valence-corrected chi connectivity index (χ3v) is 5.32. The summed E-state index contributed by atoms with van der Waals surface area (Å²) in [6, 6.07) is 19.6. The summed E-state index contributed by atoms with van der Waals surface area (Å²) in [5.41, 5.74) is 6.50. The molecule has 2 aromatic rings. The lowest BCUT2D eigenvalue weighted by molar-refractivity contribution is 0.233. The van der Waals surface area contributed by atoms with Gasteiger partial charge in [0, 0.05) is 0 Å². The van der Waals surface area contributed by atoms with Gasteiger partial charge in [-0.2, -0.15) is 0 Å². The van der Waals surface area contributed by atoms with E-state index in [2.05, 4.69) is 186 Å². The Morgan fingerprint density at radius 1 is 0.350 bits per heavy atom. The Morgan fingerprint density at radius 2 is 0.550 bits per heavy atom. The zero-order chi connectivity index (χ0) is 30.8. The molecule has 0 aliphatic carbocycles. The van der Waals surface area contributed by atoms with Gasteiger partial charge in [0.1, 0.15) is 0 Å². The smallest absolute Gasteiger partial charge is 0.0132 e. The third kappa shape index (κ3) is 28.0. The van der Waals surface area contributed by atoms with Crippen molar-refractivity contribution in [3.63, 3.8) is 0 Å². The van der Waals surface area contributed by atoms with Gasteiger partial charge < -0.3 is 0 Å². The average Bonchev–Trinajstić information content (AvgIpc) is 2.64. The van der Waals surface area contributed by atoms with Gasteiger partial charge in [0.2, 0.25) is 0 Å². The summed E-state index contributed by atoms with van der Waals surface area (Å²) in [4.78, 5) is 0. The summed E-state index contributed by atoms with van der Waals surface area (Å²) in [6.07, 6.45) is 1.29. The molecule has 0 heterocycles. The van der Waals surface area contributed by atoms with E-state index in [0.717, 1.165) is 0 Å². The van der Waals surface area contributed by atoms with E-state index in [1.54, 1.807) is 0 Å². The summed E-state index contributed by atoms with van der Waals surface area (Å²) in [7, 11) is 0. The van der Waals surface area contributed by atoms with Crippen molar-refractivity contribution in [1.82, 2.24) is 0 Å². The minimum Gasteiger partial charge on any atom is -0.0776 e. The molecule has 0 aliphatic rings. The van der Waals surface area contributed by atoms with Crippen molar-refractivity contribution in [1.29, 1.82) is 0 Å². The monoisotopic (exact) mass is 557 g/mol. The third-order valence-electron chi connectivity index (χ3n) is 5.32. The molecular formula is C40H76. The summed E-state index contributed by atoms with van der Waals surface area (Å²) in [5.74, 6) is 0. The highest BCUT2D eigenvalue weighted by molar-refractivity contribution is 5.31. The first-order valence-electron chi connectivity index (χ1n) is 14.7. The molecule has 40 heavy (non-hydrogen) atoms. The standard InChI is InChI=1S/C14H22.C10H14.C9H20.C5H12.2CH4/c1-13(2,3)11-7-9-12(10-8-11)14(4,5)6;1-10(2,3)9-7-5-4-6-8-9;1-8(2,3)7-9(4,5)6;1-5(2,3)4;;/h7-10H,1-6H3;4-8H,1-3H3;7H2,1-6H3;1-4H3;2*1H4. The fraction of sp³-hybridized carbons (Fsp3) is 0.700. The molecule has 0 saturated carbocycles. The number of hydrogen-bond donors (Lipinski definition) is 0. The number of hydrogen-bond acceptors (Lipinski definition) is 0. The molecule has 0 fully saturated rings. The lowest BCUT2D eigenvalue weighted by atomic mass is 9.78. The summed E-state index contributed by atoms with van der Waals surface area (Å²) in [5, 5.41) is 0. The second-order valence-corrected chi connectivity index (χ2v) is 18.0. The molecule has 0 amide bonds. The van der Waals surface area contributed by atoms with Crippen molar-refractivity contribution in [3.8, 4) is 0 Å². The van der Waals surface area contributed by atoms with Gasteiger partial charge in [-0.15, -0.1) is 0 Å². The maximum Gasteiger partial charge on any atom is -0.0132 e. The van der Waals surface area contributed by atoms with Crippen LogP contribution in [0.4, 0.5) is 0 Å². The van der Waals surface area contributed by atoms with E-state index in [-0.39, 0.29) is 25.7 Å². The summed E-state index contributed by atoms with van der Waals surface area (Å²) < 4.78 is 0. The van der Waals surface area contributed by atoms with Crippen LogP contribution in [0.5, 0.6) is 0 Å². The number of rotatable bonds is 0. The molecule has 2 aromatic carbocycles. The molecule has 0 unspecified atom stereocenters. The van der Waals surface area contributed by atoms with Gasteiger partial charge >= 0.3 is 0 Å². The molecule has 236 valence electrons. The maximum atomic E-state index is 2.29. The van der Waals surface area contributed by atoms with Crippen LogP contribution >= 0.6 is 0 Å². The molecular weight excluding hydrogens is 480 g/mol. The largest absolute Gasteiger partial charge is 0.0776 e. The van der Waals surface area contributed by atoms with Crippen molar-refractivity contribution >= 4 is 0 Å². The zero-order valence-electron chi connectivity index (χ0n) is 29.4. The Labute approximate surface area is 256 Å². The highest BCUT2D eigenvalue weighted by Crippen LogP contribution is 2.32. The Balaban J connectivity index is -0.000000224. The van der Waals surface area contributed by atoms with Crippen molar-refractivity contribution in [2.24, 2.45) is 16.2 Å². The molecule has 0 radical (unpaired) electrons. The molecule has 0 aliphatic heterocycles. The molecule has 0 N–H and O–H groups in total. The quantitative estimate of drug-likeness (QED) is 0.303. The average molecular weight is 557 g/mol. The Morgan fingerprint density at radius 3 is 0.675 bits per heavy atom. The van der Waals surface area contributed by atoms with E-state index in [0.29, 0.717) is 21.7 Å². The van der Waals surface area contributed by atoms with Crippen LogP contribution < -0.4 is 0 Å². The predicted molar refractivity (Wildman–Crippen MR) is 191 cm³/mol. The van der Waals surface area contributed by atoms with E-state index in [1.165, 1.54) is 23.1 Å². The molecule has 0 heteroatoms. The zero-order valence-corrected chi connectivity index (χ0v) is 29.4. The Bertz CT molecular complexity index is 803. The lowest BCUT2D eigenvalue weighted by Crippen LogP contribution is -2.16. The first-order valence-corrected chi connectivity index (χ1v) is 14.7. The van der Waals surface area contributed by atoms with Gasteiger partial charge in [0.15, 0.2) is 0 Å². The van der Waals surface area contributed by atoms with Crippen LogP contribution in [0.25, 0.3) is 0 Å². The second kappa shape index (κ2) is 17.4. The van der Waals surface area contributed by atoms with Gasteiger partial charge in [-0.25, -0.2) is 0 Å². The predicted octanol–water partition coefficient (Wildman–Crippen LogP) is 14.1. The highest BCUT2D eigenvalue weighted by Gasteiger charge is 2.20. The first kappa shape index (κ1) is 45.4. The molecule has 0 nitrogen and oxygen atoms in total. The SMILES string of the molecule is C.C.CC(C)(C)C.CC(C)(C)CC(C)(C)C.CC(C)(C)c1ccc(C(C)(C)C)cc1.CC(C)(C)c1ccccc1. The highest BCUT2D eigenvalue weighted by atomic mass is 14.3. The second-order valence-electron chi connectivity index (χ2n) is 18.0. The minimum absolute atomic E-state index is 0. The van der Waals surface area contributed by atoms with Crippen molar-refractivity contribution in [3.05, 3.63) is 71.3 Å². The molecule has 0 aromatic heterocycles. The Kier molecular flexibility index (Phi) is 19.8. The van der Waals surface area contributed by atoms with E-state index in [1.807, 2.05) is 0 Å². The molecule has 0 saturated heterocycles. The Hall–Kier alpha value is -1.56. The maximum absolute atomic E-state index is 2.29. The van der Waals surface area contributed by atoms with Gasteiger partial charge in [0.25, 0.3) is 0 Å². The molecule has 2 rings (SSSR count). The van der Waals surface area contributed by atoms with Crippen molar-refractivity contribution in [2.45, 2.75) is 169 Å². The topological polar surface area (TPSA) is 0 Å². The van der Waals surface area contributed by atoms with Crippen LogP contribution in [-0.4, -0.2) is 0 Å². The van der Waals surface area contributed by atoms with E-state index >= 15 is 0 Å². The van der Waals surface area contributed by atoms with Crippen molar-refractivity contribution < 1.29 is 0 Å². The molecule has 0 spiro atoms. The van der Waals surface area contributed by atoms with E-state index < -0.39 is 0 Å². The summed E-state index contributed by atoms with van der Waals surface area (Å²) in [6.45, 7) is 42.7. The lowest BCUT2D eigenvalue weighted by Gasteiger charge is -2.28. The fourth-order valence-corrected chi connectivity index (χ4v) is 4.00. The van der Waals surface area contributed by atoms with Crippen molar-refractivity contribution in [2.75, 3.05) is 0 Å². The van der Waals surface area contributed by atoms with Crippen LogP contribution in [-0.2, 0) is 16.2 Å². The normalized spacial score (nSPS) is 12.1. The van der Waals surface area contributed by atoms with E-state index in [4.69, 9.17) is 0 Å². The molecule has 0 atom stereocenters. The van der Waals surface area contributed by atoms with Gasteiger partial charge in [-0.3, -0.25) is 0 Å². The van der Waals surface area contributed by atoms with Gasteiger partial charge in [0.05, 0.1) is 0 Å². The van der Waals surface area contributed by atoms with Crippen LogP contribution in [0.1, 0.15) is 170 Å². The van der Waals surface area contributed by atoms with Crippen LogP contribution in [0.2, 0.25) is 0 Å². The first-order chi connectivity index (χ1) is 16.5. The van der Waals surface area contributed by atoms with Crippen LogP contribution in [0, 0.1) is 16.2 Å². The summed E-state index contributed by atoms with van der Waals surface area (Å²) >= 11 is 0. The van der Waals surface area contributed by atoms with Crippen LogP contribution in [0.15, 0.2) is 54.6 Å². The van der Waals surface area contributed by atoms with Gasteiger partial charge in [-0.05, 0) is 55.6 Å². The fourth-order valence-electron chi connectivity index (χ4n) is 4.00. The number of benzene rings is 2. The molecule has 0 bridgehead atoms. The van der Waals surface area contributed by atoms with E-state index in [9.17, 15) is 0 Å². The van der Waals surface area contributed by atoms with Gasteiger partial charge in [-0.1, -0.05) is 201 Å². The van der Waals surface area contributed by atoms with Crippen LogP contribution in [0.3, 0.4) is 0 Å². The minimum atomic E-state index is 0.